The number of nitrogens with one attached hydrogen (secondary N) is 1. The maximum absolute atomic E-state index is 12.2. The number of hydrogen-bond donors (Lipinski definition) is 2. The summed E-state index contributed by atoms with van der Waals surface area (Å²) in [5, 5.41) is 12.3. The van der Waals surface area contributed by atoms with Gasteiger partial charge < -0.3 is 20.7 Å². The Balaban J connectivity index is 2.14. The number of para-hydroxylation sites is 2. The zero-order valence-electron chi connectivity index (χ0n) is 12.0. The lowest BCUT2D eigenvalue weighted by Gasteiger charge is -2.36. The highest BCUT2D eigenvalue weighted by Crippen LogP contribution is 2.38. The molecule has 0 aromatic heterocycles. The Morgan fingerprint density at radius 2 is 2.36 bits per heavy atom. The van der Waals surface area contributed by atoms with Gasteiger partial charge in [-0.1, -0.05) is 12.1 Å². The van der Waals surface area contributed by atoms with Crippen molar-refractivity contribution in [1.29, 1.82) is 5.26 Å². The van der Waals surface area contributed by atoms with E-state index in [9.17, 15) is 10.1 Å². The Kier molecular flexibility index (Phi) is 3.43. The second-order valence-corrected chi connectivity index (χ2v) is 4.89. The number of amidine groups is 1. The standard InChI is InChI=1S/C15H15N5O2/c1-2-22-15(21)12-14-19-13(17)9(7-16)8-20(14)11-6-4-3-5-10(11)18-12/h3-6,9,18H,2,8H2,1H3,(H2,17,19). The third-order valence-corrected chi connectivity index (χ3v) is 3.53. The minimum atomic E-state index is -0.515. The zero-order valence-corrected chi connectivity index (χ0v) is 12.0. The number of nitrogens with zero attached hydrogens (tertiary/aromatic N) is 3. The van der Waals surface area contributed by atoms with Gasteiger partial charge in [0.15, 0.2) is 11.5 Å². The molecule has 0 amide bonds. The van der Waals surface area contributed by atoms with E-state index < -0.39 is 11.9 Å². The first-order valence-corrected chi connectivity index (χ1v) is 6.94. The number of carbonyl (C=O) groups is 1. The normalized spacial score (nSPS) is 19.4. The van der Waals surface area contributed by atoms with Crippen molar-refractivity contribution in [1.82, 2.24) is 0 Å². The van der Waals surface area contributed by atoms with Crippen LogP contribution in [0.2, 0.25) is 0 Å². The number of nitrogens with two attached hydrogens (primary N) is 1. The van der Waals surface area contributed by atoms with E-state index in [1.807, 2.05) is 29.2 Å². The highest BCUT2D eigenvalue weighted by Gasteiger charge is 2.35. The Morgan fingerprint density at radius 1 is 1.59 bits per heavy atom. The predicted octanol–water partition coefficient (Wildman–Crippen LogP) is 1.16. The number of nitriles is 1. The molecule has 0 bridgehead atoms. The molecular weight excluding hydrogens is 282 g/mol. The minimum absolute atomic E-state index is 0.205. The van der Waals surface area contributed by atoms with Crippen molar-refractivity contribution >= 4 is 23.2 Å². The summed E-state index contributed by atoms with van der Waals surface area (Å²) >= 11 is 0. The maximum atomic E-state index is 12.2. The van der Waals surface area contributed by atoms with Gasteiger partial charge in [0, 0.05) is 6.54 Å². The Hall–Kier alpha value is -3.01. The van der Waals surface area contributed by atoms with Crippen LogP contribution in [0.1, 0.15) is 6.92 Å². The van der Waals surface area contributed by atoms with Crippen LogP contribution < -0.4 is 16.0 Å². The lowest BCUT2D eigenvalue weighted by atomic mass is 10.0. The summed E-state index contributed by atoms with van der Waals surface area (Å²) in [5.74, 6) is -0.416. The Labute approximate surface area is 127 Å². The summed E-state index contributed by atoms with van der Waals surface area (Å²) in [6.07, 6.45) is 0. The van der Waals surface area contributed by atoms with Gasteiger partial charge in [0.25, 0.3) is 0 Å². The number of benzene rings is 1. The largest absolute Gasteiger partial charge is 0.461 e. The van der Waals surface area contributed by atoms with Crippen LogP contribution in [-0.2, 0) is 9.53 Å². The lowest BCUT2D eigenvalue weighted by molar-refractivity contribution is -0.138. The Bertz CT molecular complexity index is 732. The molecular formula is C15H15N5O2. The van der Waals surface area contributed by atoms with Crippen LogP contribution in [0.25, 0.3) is 0 Å². The quantitative estimate of drug-likeness (QED) is 0.794. The number of carbonyl (C=O) groups excluding carboxylic acids is 1. The van der Waals surface area contributed by atoms with E-state index in [2.05, 4.69) is 16.4 Å². The molecule has 2 aliphatic heterocycles. The molecule has 0 radical (unpaired) electrons. The predicted molar refractivity (Wildman–Crippen MR) is 81.8 cm³/mol. The van der Waals surface area contributed by atoms with Crippen LogP contribution in [-0.4, -0.2) is 25.0 Å². The van der Waals surface area contributed by atoms with Crippen LogP contribution in [0.4, 0.5) is 11.4 Å². The molecule has 1 atom stereocenters. The third-order valence-electron chi connectivity index (χ3n) is 3.53. The van der Waals surface area contributed by atoms with Gasteiger partial charge in [-0.3, -0.25) is 0 Å². The molecule has 3 N–H and O–H groups in total. The van der Waals surface area contributed by atoms with Crippen molar-refractivity contribution in [3.8, 4) is 6.07 Å². The van der Waals surface area contributed by atoms with Gasteiger partial charge in [0.1, 0.15) is 11.8 Å². The molecule has 0 saturated heterocycles. The summed E-state index contributed by atoms with van der Waals surface area (Å²) in [6.45, 7) is 2.35. The van der Waals surface area contributed by atoms with Gasteiger partial charge in [0.05, 0.1) is 24.1 Å². The van der Waals surface area contributed by atoms with Crippen LogP contribution >= 0.6 is 0 Å². The topological polar surface area (TPSA) is 104 Å². The second-order valence-electron chi connectivity index (χ2n) is 4.89. The third kappa shape index (κ3) is 2.15. The van der Waals surface area contributed by atoms with Crippen LogP contribution in [0.15, 0.2) is 40.8 Å². The maximum Gasteiger partial charge on any atom is 0.358 e. The van der Waals surface area contributed by atoms with Crippen LogP contribution in [0, 0.1) is 17.2 Å². The van der Waals surface area contributed by atoms with Crippen molar-refractivity contribution in [2.45, 2.75) is 6.92 Å². The first-order valence-electron chi connectivity index (χ1n) is 6.94. The van der Waals surface area contributed by atoms with Crippen molar-refractivity contribution in [2.24, 2.45) is 16.6 Å². The van der Waals surface area contributed by atoms with Crippen molar-refractivity contribution in [2.75, 3.05) is 23.4 Å². The fourth-order valence-corrected chi connectivity index (χ4v) is 2.48. The first-order chi connectivity index (χ1) is 10.7. The molecule has 2 aliphatic rings. The van der Waals surface area contributed by atoms with Crippen LogP contribution in [0.5, 0.6) is 0 Å². The van der Waals surface area contributed by atoms with Crippen molar-refractivity contribution in [3.05, 3.63) is 35.8 Å². The monoisotopic (exact) mass is 297 g/mol. The van der Waals surface area contributed by atoms with Crippen molar-refractivity contribution in [3.63, 3.8) is 0 Å². The number of aliphatic imine (C=N–C) groups is 1. The molecule has 3 rings (SSSR count). The number of fused-ring (bicyclic) bond motifs is 3. The molecule has 2 heterocycles. The number of rotatable bonds is 2. The number of hydrogen-bond acceptors (Lipinski definition) is 7. The Morgan fingerprint density at radius 3 is 3.09 bits per heavy atom. The van der Waals surface area contributed by atoms with E-state index in [1.54, 1.807) is 6.92 Å². The van der Waals surface area contributed by atoms with E-state index in [0.717, 1.165) is 11.4 Å². The molecule has 112 valence electrons. The van der Waals surface area contributed by atoms with E-state index >= 15 is 0 Å². The van der Waals surface area contributed by atoms with Crippen LogP contribution in [0.3, 0.4) is 0 Å². The average Bonchev–Trinajstić information content (AvgIpc) is 2.53. The minimum Gasteiger partial charge on any atom is -0.461 e. The molecule has 22 heavy (non-hydrogen) atoms. The number of ether oxygens (including phenoxy) is 1. The SMILES string of the molecule is CCOC(=O)C1=C2N=C(N)C(C#N)CN2c2ccccc2N1. The summed E-state index contributed by atoms with van der Waals surface area (Å²) < 4.78 is 5.07. The van der Waals surface area contributed by atoms with Crippen molar-refractivity contribution < 1.29 is 9.53 Å². The van der Waals surface area contributed by atoms with E-state index in [1.165, 1.54) is 0 Å². The van der Waals surface area contributed by atoms with Gasteiger partial charge in [-0.05, 0) is 19.1 Å². The lowest BCUT2D eigenvalue weighted by Crippen LogP contribution is -2.43. The highest BCUT2D eigenvalue weighted by molar-refractivity contribution is 5.99. The summed E-state index contributed by atoms with van der Waals surface area (Å²) in [4.78, 5) is 18.3. The average molecular weight is 297 g/mol. The zero-order chi connectivity index (χ0) is 15.7. The second kappa shape index (κ2) is 5.41. The first kappa shape index (κ1) is 13.9. The molecule has 1 aromatic carbocycles. The number of anilines is 2. The van der Waals surface area contributed by atoms with Gasteiger partial charge in [-0.25, -0.2) is 9.79 Å². The summed E-state index contributed by atoms with van der Waals surface area (Å²) in [5.41, 5.74) is 7.69. The fourth-order valence-electron chi connectivity index (χ4n) is 2.48. The van der Waals surface area contributed by atoms with Gasteiger partial charge >= 0.3 is 5.97 Å². The van der Waals surface area contributed by atoms with Gasteiger partial charge in [-0.2, -0.15) is 5.26 Å². The molecule has 7 nitrogen and oxygen atoms in total. The number of esters is 1. The highest BCUT2D eigenvalue weighted by atomic mass is 16.5. The molecule has 0 spiro atoms. The van der Waals surface area contributed by atoms with Gasteiger partial charge in [-0.15, -0.1) is 0 Å². The molecule has 7 heteroatoms. The van der Waals surface area contributed by atoms with E-state index in [-0.39, 0.29) is 18.1 Å². The van der Waals surface area contributed by atoms with E-state index in [4.69, 9.17) is 10.5 Å². The molecule has 0 aliphatic carbocycles. The summed E-state index contributed by atoms with van der Waals surface area (Å²) in [7, 11) is 0. The fraction of sp³-hybridized carbons (Fsp3) is 0.267. The molecule has 0 fully saturated rings. The summed E-state index contributed by atoms with van der Waals surface area (Å²) in [6, 6.07) is 9.63. The molecule has 1 aromatic rings. The molecule has 1 unspecified atom stereocenters. The smallest absolute Gasteiger partial charge is 0.358 e. The molecule has 0 saturated carbocycles. The van der Waals surface area contributed by atoms with Gasteiger partial charge in [0.2, 0.25) is 0 Å². The van der Waals surface area contributed by atoms with E-state index in [0.29, 0.717) is 12.4 Å².